The van der Waals surface area contributed by atoms with Gasteiger partial charge in [0.15, 0.2) is 0 Å². The van der Waals surface area contributed by atoms with Crippen LogP contribution in [0.5, 0.6) is 0 Å². The Labute approximate surface area is 126 Å². The second-order valence-corrected chi connectivity index (χ2v) is 4.74. The first-order valence-corrected chi connectivity index (χ1v) is 6.65. The maximum atomic E-state index is 12.9. The summed E-state index contributed by atoms with van der Waals surface area (Å²) in [6.45, 7) is 0. The number of halogens is 1. The molecular formula is C16H13FN4O. The van der Waals surface area contributed by atoms with E-state index in [2.05, 4.69) is 10.3 Å². The molecule has 0 aliphatic carbocycles. The largest absolute Gasteiger partial charge is 0.311 e. The summed E-state index contributed by atoms with van der Waals surface area (Å²) in [6.07, 6.45) is 3.31. The van der Waals surface area contributed by atoms with Gasteiger partial charge >= 0.3 is 0 Å². The topological polar surface area (TPSA) is 51.0 Å². The molecule has 0 radical (unpaired) electrons. The first kappa shape index (κ1) is 13.9. The molecule has 110 valence electrons. The normalized spacial score (nSPS) is 10.5. The molecule has 0 unspecified atom stereocenters. The van der Waals surface area contributed by atoms with Crippen LogP contribution in [-0.4, -0.2) is 27.9 Å². The molecule has 6 heteroatoms. The Kier molecular flexibility index (Phi) is 3.65. The van der Waals surface area contributed by atoms with Crippen LogP contribution in [0.3, 0.4) is 0 Å². The fourth-order valence-corrected chi connectivity index (χ4v) is 2.08. The number of carbonyl (C=O) groups excluding carboxylic acids is 1. The van der Waals surface area contributed by atoms with E-state index >= 15 is 0 Å². The van der Waals surface area contributed by atoms with Crippen LogP contribution in [-0.2, 0) is 0 Å². The van der Waals surface area contributed by atoms with Crippen molar-refractivity contribution in [3.63, 3.8) is 0 Å². The highest BCUT2D eigenvalue weighted by atomic mass is 19.1. The van der Waals surface area contributed by atoms with Crippen molar-refractivity contribution >= 4 is 11.6 Å². The lowest BCUT2D eigenvalue weighted by Gasteiger charge is -2.17. The van der Waals surface area contributed by atoms with Crippen molar-refractivity contribution in [1.29, 1.82) is 0 Å². The summed E-state index contributed by atoms with van der Waals surface area (Å²) in [6, 6.07) is 12.8. The number of nitrogens with zero attached hydrogens (tertiary/aromatic N) is 4. The van der Waals surface area contributed by atoms with E-state index in [4.69, 9.17) is 0 Å². The van der Waals surface area contributed by atoms with Crippen LogP contribution in [0.4, 0.5) is 10.1 Å². The third kappa shape index (κ3) is 2.71. The highest BCUT2D eigenvalue weighted by Gasteiger charge is 2.13. The molecule has 0 saturated carbocycles. The van der Waals surface area contributed by atoms with Crippen LogP contribution in [0.25, 0.3) is 5.69 Å². The highest BCUT2D eigenvalue weighted by molar-refractivity contribution is 6.05. The van der Waals surface area contributed by atoms with Crippen LogP contribution >= 0.6 is 0 Å². The van der Waals surface area contributed by atoms with Gasteiger partial charge in [0.25, 0.3) is 5.91 Å². The molecule has 3 rings (SSSR count). The molecular weight excluding hydrogens is 283 g/mol. The Bertz CT molecular complexity index is 767. The average Bonchev–Trinajstić information content (AvgIpc) is 3.09. The zero-order valence-corrected chi connectivity index (χ0v) is 11.8. The highest BCUT2D eigenvalue weighted by Crippen LogP contribution is 2.17. The van der Waals surface area contributed by atoms with Gasteiger partial charge in [0.1, 0.15) is 5.82 Å². The number of hydrogen-bond acceptors (Lipinski definition) is 3. The number of hydrogen-bond donors (Lipinski definition) is 0. The van der Waals surface area contributed by atoms with E-state index in [0.29, 0.717) is 11.3 Å². The van der Waals surface area contributed by atoms with Crippen LogP contribution in [0, 0.1) is 5.82 Å². The van der Waals surface area contributed by atoms with E-state index < -0.39 is 0 Å². The van der Waals surface area contributed by atoms with Crippen molar-refractivity contribution < 1.29 is 9.18 Å². The number of amides is 1. The lowest BCUT2D eigenvalue weighted by Crippen LogP contribution is -2.26. The van der Waals surface area contributed by atoms with E-state index in [1.807, 2.05) is 0 Å². The van der Waals surface area contributed by atoms with Gasteiger partial charge in [0, 0.05) is 18.3 Å². The minimum Gasteiger partial charge on any atom is -0.311 e. The minimum atomic E-state index is -0.332. The van der Waals surface area contributed by atoms with Crippen molar-refractivity contribution in [3.05, 3.63) is 72.3 Å². The Morgan fingerprint density at radius 1 is 1.09 bits per heavy atom. The molecule has 0 N–H and O–H groups in total. The first-order chi connectivity index (χ1) is 10.6. The summed E-state index contributed by atoms with van der Waals surface area (Å²) >= 11 is 0. The van der Waals surface area contributed by atoms with Gasteiger partial charge < -0.3 is 4.90 Å². The predicted molar refractivity (Wildman–Crippen MR) is 80.5 cm³/mol. The quantitative estimate of drug-likeness (QED) is 0.746. The summed E-state index contributed by atoms with van der Waals surface area (Å²) in [5.74, 6) is -0.501. The van der Waals surface area contributed by atoms with E-state index in [1.54, 1.807) is 60.5 Å². The smallest absolute Gasteiger partial charge is 0.258 e. The number of carbonyl (C=O) groups is 1. The van der Waals surface area contributed by atoms with Crippen LogP contribution in [0.2, 0.25) is 0 Å². The minimum absolute atomic E-state index is 0.170. The van der Waals surface area contributed by atoms with Crippen LogP contribution < -0.4 is 4.90 Å². The van der Waals surface area contributed by atoms with E-state index in [9.17, 15) is 9.18 Å². The van der Waals surface area contributed by atoms with Gasteiger partial charge in [-0.1, -0.05) is 5.21 Å². The molecule has 0 aliphatic rings. The van der Waals surface area contributed by atoms with Crippen LogP contribution in [0.1, 0.15) is 10.4 Å². The molecule has 0 aliphatic heterocycles. The summed E-state index contributed by atoms with van der Waals surface area (Å²) in [7, 11) is 1.65. The number of anilines is 1. The Hall–Kier alpha value is -3.02. The lowest BCUT2D eigenvalue weighted by molar-refractivity contribution is 0.0993. The molecule has 2 aromatic carbocycles. The molecule has 1 heterocycles. The van der Waals surface area contributed by atoms with Crippen LogP contribution in [0.15, 0.2) is 60.9 Å². The lowest BCUT2D eigenvalue weighted by atomic mass is 10.1. The van der Waals surface area contributed by atoms with Gasteiger partial charge in [0.05, 0.1) is 18.1 Å². The van der Waals surface area contributed by atoms with E-state index in [-0.39, 0.29) is 11.7 Å². The second-order valence-electron chi connectivity index (χ2n) is 4.74. The maximum Gasteiger partial charge on any atom is 0.258 e. The van der Waals surface area contributed by atoms with Crippen molar-refractivity contribution in [1.82, 2.24) is 15.0 Å². The zero-order valence-electron chi connectivity index (χ0n) is 11.8. The van der Waals surface area contributed by atoms with Gasteiger partial charge in [-0.15, -0.1) is 5.10 Å². The number of benzene rings is 2. The number of rotatable bonds is 3. The van der Waals surface area contributed by atoms with Gasteiger partial charge in [-0.3, -0.25) is 4.79 Å². The molecule has 0 spiro atoms. The maximum absolute atomic E-state index is 12.9. The predicted octanol–water partition coefficient (Wildman–Crippen LogP) is 2.68. The van der Waals surface area contributed by atoms with E-state index in [1.165, 1.54) is 17.0 Å². The van der Waals surface area contributed by atoms with Crippen molar-refractivity contribution in [2.75, 3.05) is 11.9 Å². The van der Waals surface area contributed by atoms with Crippen molar-refractivity contribution in [2.24, 2.45) is 0 Å². The molecule has 1 amide bonds. The molecule has 0 atom stereocenters. The summed E-state index contributed by atoms with van der Waals surface area (Å²) in [4.78, 5) is 13.9. The van der Waals surface area contributed by atoms with Crippen molar-refractivity contribution in [3.8, 4) is 5.69 Å². The summed E-state index contributed by atoms with van der Waals surface area (Å²) in [5.41, 5.74) is 1.99. The molecule has 0 bridgehead atoms. The van der Waals surface area contributed by atoms with Gasteiger partial charge in [-0.25, -0.2) is 9.07 Å². The zero-order chi connectivity index (χ0) is 15.5. The fraction of sp³-hybridized carbons (Fsp3) is 0.0625. The van der Waals surface area contributed by atoms with Crippen molar-refractivity contribution in [2.45, 2.75) is 0 Å². The molecule has 0 saturated heterocycles. The Morgan fingerprint density at radius 3 is 2.36 bits per heavy atom. The van der Waals surface area contributed by atoms with Gasteiger partial charge in [-0.2, -0.15) is 0 Å². The summed E-state index contributed by atoms with van der Waals surface area (Å²) in [5, 5.41) is 7.63. The second kappa shape index (κ2) is 5.77. The summed E-state index contributed by atoms with van der Waals surface area (Å²) < 4.78 is 14.5. The average molecular weight is 296 g/mol. The number of aromatic nitrogens is 3. The van der Waals surface area contributed by atoms with E-state index in [0.717, 1.165) is 5.69 Å². The van der Waals surface area contributed by atoms with Gasteiger partial charge in [-0.05, 0) is 48.5 Å². The molecule has 0 fully saturated rings. The van der Waals surface area contributed by atoms with Gasteiger partial charge in [0.2, 0.25) is 0 Å². The third-order valence-corrected chi connectivity index (χ3v) is 3.32. The fourth-order valence-electron chi connectivity index (χ4n) is 2.08. The molecule has 5 nitrogen and oxygen atoms in total. The molecule has 1 aromatic heterocycles. The first-order valence-electron chi connectivity index (χ1n) is 6.65. The Balaban J connectivity index is 1.81. The standard InChI is InChI=1S/C16H13FN4O/c1-20(14-8-4-13(17)5-9-14)16(22)12-2-6-15(7-3-12)21-11-10-18-19-21/h2-11H,1H3. The SMILES string of the molecule is CN(C(=O)c1ccc(-n2ccnn2)cc1)c1ccc(F)cc1. The molecule has 3 aromatic rings. The Morgan fingerprint density at radius 2 is 1.77 bits per heavy atom. The monoisotopic (exact) mass is 296 g/mol. The molecule has 22 heavy (non-hydrogen) atoms. The third-order valence-electron chi connectivity index (χ3n) is 3.32.